The van der Waals surface area contributed by atoms with Gasteiger partial charge in [0.1, 0.15) is 0 Å². The van der Waals surface area contributed by atoms with Gasteiger partial charge in [0.25, 0.3) is 0 Å². The van der Waals surface area contributed by atoms with Crippen molar-refractivity contribution in [2.24, 2.45) is 7.05 Å². The zero-order chi connectivity index (χ0) is 13.9. The van der Waals surface area contributed by atoms with E-state index in [0.717, 1.165) is 17.1 Å². The first-order valence-corrected chi connectivity index (χ1v) is 6.54. The van der Waals surface area contributed by atoms with Crippen LogP contribution < -0.4 is 5.32 Å². The molecule has 1 atom stereocenters. The van der Waals surface area contributed by atoms with E-state index < -0.39 is 0 Å². The Morgan fingerprint density at radius 3 is 2.55 bits per heavy atom. The molecule has 0 bridgehead atoms. The Morgan fingerprint density at radius 2 is 1.90 bits per heavy atom. The van der Waals surface area contributed by atoms with Crippen molar-refractivity contribution in [1.29, 1.82) is 0 Å². The van der Waals surface area contributed by atoms with E-state index in [1.807, 2.05) is 78.5 Å². The topological polar surface area (TPSA) is 47.7 Å². The molecule has 3 rings (SSSR count). The highest BCUT2D eigenvalue weighted by Gasteiger charge is 2.19. The maximum absolute atomic E-state index is 4.44. The smallest absolute Gasteiger partial charge is 0.0946 e. The summed E-state index contributed by atoms with van der Waals surface area (Å²) in [6.07, 6.45) is 5.51. The molecule has 1 unspecified atom stereocenters. The van der Waals surface area contributed by atoms with Crippen LogP contribution in [0.2, 0.25) is 0 Å². The number of nitrogens with zero attached hydrogens (tertiary/aromatic N) is 4. The Bertz CT molecular complexity index is 683. The van der Waals surface area contributed by atoms with Gasteiger partial charge in [-0.25, -0.2) is 9.67 Å². The molecule has 5 nitrogen and oxygen atoms in total. The summed E-state index contributed by atoms with van der Waals surface area (Å²) in [5.74, 6) is 0. The summed E-state index contributed by atoms with van der Waals surface area (Å²) in [6.45, 7) is 0. The molecule has 2 heterocycles. The number of imidazole rings is 1. The van der Waals surface area contributed by atoms with Crippen molar-refractivity contribution in [2.45, 2.75) is 6.04 Å². The number of benzene rings is 1. The zero-order valence-electron chi connectivity index (χ0n) is 11.6. The maximum Gasteiger partial charge on any atom is 0.0946 e. The number of hydrogen-bond donors (Lipinski definition) is 1. The molecule has 2 aromatic heterocycles. The van der Waals surface area contributed by atoms with Crippen molar-refractivity contribution in [3.8, 4) is 5.69 Å². The van der Waals surface area contributed by atoms with Crippen molar-refractivity contribution >= 4 is 0 Å². The molecule has 1 N–H and O–H groups in total. The summed E-state index contributed by atoms with van der Waals surface area (Å²) < 4.78 is 3.97. The maximum atomic E-state index is 4.44. The molecule has 1 aromatic carbocycles. The van der Waals surface area contributed by atoms with E-state index >= 15 is 0 Å². The molecule has 0 aliphatic carbocycles. The van der Waals surface area contributed by atoms with Crippen LogP contribution >= 0.6 is 0 Å². The van der Waals surface area contributed by atoms with Crippen LogP contribution in [0.1, 0.15) is 17.4 Å². The van der Waals surface area contributed by atoms with Gasteiger partial charge >= 0.3 is 0 Å². The SMILES string of the molecule is CNC(c1cncn1C)c1ccnn1-c1ccccc1. The second kappa shape index (κ2) is 5.30. The average Bonchev–Trinajstić information content (AvgIpc) is 3.11. The Hall–Kier alpha value is -2.40. The first kappa shape index (κ1) is 12.6. The fourth-order valence-electron chi connectivity index (χ4n) is 2.41. The molecule has 0 aliphatic rings. The van der Waals surface area contributed by atoms with Gasteiger partial charge in [-0.05, 0) is 25.2 Å². The van der Waals surface area contributed by atoms with Crippen LogP contribution in [0, 0.1) is 0 Å². The Balaban J connectivity index is 2.07. The standard InChI is InChI=1S/C15H17N5/c1-16-15(14-10-17-11-19(14)2)13-8-9-18-20(13)12-6-4-3-5-7-12/h3-11,15-16H,1-2H3. The van der Waals surface area contributed by atoms with Gasteiger partial charge in [0, 0.05) is 13.2 Å². The number of para-hydroxylation sites is 1. The van der Waals surface area contributed by atoms with Gasteiger partial charge in [0.2, 0.25) is 0 Å². The molecule has 0 spiro atoms. The third kappa shape index (κ3) is 2.12. The third-order valence-electron chi connectivity index (χ3n) is 3.41. The number of aryl methyl sites for hydroxylation is 1. The van der Waals surface area contributed by atoms with Crippen molar-refractivity contribution in [3.63, 3.8) is 0 Å². The first-order chi connectivity index (χ1) is 9.81. The van der Waals surface area contributed by atoms with Crippen LogP contribution in [-0.4, -0.2) is 26.4 Å². The monoisotopic (exact) mass is 267 g/mol. The van der Waals surface area contributed by atoms with E-state index in [2.05, 4.69) is 15.4 Å². The molecule has 0 radical (unpaired) electrons. The molecule has 0 fully saturated rings. The molecule has 0 saturated heterocycles. The van der Waals surface area contributed by atoms with Gasteiger partial charge in [0.05, 0.1) is 35.6 Å². The van der Waals surface area contributed by atoms with Crippen molar-refractivity contribution in [3.05, 3.63) is 66.5 Å². The highest BCUT2D eigenvalue weighted by molar-refractivity contribution is 5.35. The molecule has 102 valence electrons. The molecule has 20 heavy (non-hydrogen) atoms. The van der Waals surface area contributed by atoms with Gasteiger partial charge < -0.3 is 9.88 Å². The molecule has 0 amide bonds. The predicted molar refractivity (Wildman–Crippen MR) is 77.7 cm³/mol. The second-order valence-corrected chi connectivity index (χ2v) is 4.65. The van der Waals surface area contributed by atoms with Crippen LogP contribution in [0.3, 0.4) is 0 Å². The first-order valence-electron chi connectivity index (χ1n) is 6.54. The molecular formula is C15H17N5. The predicted octanol–water partition coefficient (Wildman–Crippen LogP) is 1.91. The Morgan fingerprint density at radius 1 is 1.10 bits per heavy atom. The Labute approximate surface area is 117 Å². The Kier molecular flexibility index (Phi) is 3.35. The second-order valence-electron chi connectivity index (χ2n) is 4.65. The van der Waals surface area contributed by atoms with Gasteiger partial charge in [0.15, 0.2) is 0 Å². The minimum Gasteiger partial charge on any atom is -0.336 e. The van der Waals surface area contributed by atoms with Crippen molar-refractivity contribution in [1.82, 2.24) is 24.6 Å². The van der Waals surface area contributed by atoms with E-state index in [1.54, 1.807) is 0 Å². The summed E-state index contributed by atoms with van der Waals surface area (Å²) in [7, 11) is 3.94. The number of rotatable bonds is 4. The summed E-state index contributed by atoms with van der Waals surface area (Å²) in [5.41, 5.74) is 3.24. The fraction of sp³-hybridized carbons (Fsp3) is 0.200. The van der Waals surface area contributed by atoms with Gasteiger partial charge in [-0.15, -0.1) is 0 Å². The van der Waals surface area contributed by atoms with E-state index in [4.69, 9.17) is 0 Å². The summed E-state index contributed by atoms with van der Waals surface area (Å²) >= 11 is 0. The lowest BCUT2D eigenvalue weighted by molar-refractivity contribution is 0.599. The third-order valence-corrected chi connectivity index (χ3v) is 3.41. The zero-order valence-corrected chi connectivity index (χ0v) is 11.6. The van der Waals surface area contributed by atoms with Crippen LogP contribution in [0.15, 0.2) is 55.1 Å². The number of aromatic nitrogens is 4. The van der Waals surface area contributed by atoms with Gasteiger partial charge in [-0.2, -0.15) is 5.10 Å². The fourth-order valence-corrected chi connectivity index (χ4v) is 2.41. The molecule has 5 heteroatoms. The van der Waals surface area contributed by atoms with Crippen LogP contribution in [-0.2, 0) is 7.05 Å². The van der Waals surface area contributed by atoms with Crippen LogP contribution in [0.5, 0.6) is 0 Å². The number of nitrogens with one attached hydrogen (secondary N) is 1. The quantitative estimate of drug-likeness (QED) is 0.785. The molecule has 0 saturated carbocycles. The lowest BCUT2D eigenvalue weighted by atomic mass is 10.1. The highest BCUT2D eigenvalue weighted by atomic mass is 15.3. The largest absolute Gasteiger partial charge is 0.336 e. The average molecular weight is 267 g/mol. The van der Waals surface area contributed by atoms with E-state index in [-0.39, 0.29) is 6.04 Å². The van der Waals surface area contributed by atoms with Crippen LogP contribution in [0.25, 0.3) is 5.69 Å². The summed E-state index contributed by atoms with van der Waals surface area (Å²) in [5, 5.41) is 7.78. The van der Waals surface area contributed by atoms with E-state index in [0.29, 0.717) is 0 Å². The minimum atomic E-state index is 0.0465. The highest BCUT2D eigenvalue weighted by Crippen LogP contribution is 2.23. The lowest BCUT2D eigenvalue weighted by Crippen LogP contribution is -2.23. The minimum absolute atomic E-state index is 0.0465. The number of hydrogen-bond acceptors (Lipinski definition) is 3. The van der Waals surface area contributed by atoms with Gasteiger partial charge in [-0.3, -0.25) is 0 Å². The normalized spacial score (nSPS) is 12.5. The van der Waals surface area contributed by atoms with Crippen LogP contribution in [0.4, 0.5) is 0 Å². The molecule has 0 aliphatic heterocycles. The molecule has 3 aromatic rings. The van der Waals surface area contributed by atoms with Crippen molar-refractivity contribution in [2.75, 3.05) is 7.05 Å². The van der Waals surface area contributed by atoms with E-state index in [1.165, 1.54) is 0 Å². The molecular weight excluding hydrogens is 250 g/mol. The van der Waals surface area contributed by atoms with E-state index in [9.17, 15) is 0 Å². The van der Waals surface area contributed by atoms with Gasteiger partial charge in [-0.1, -0.05) is 18.2 Å². The lowest BCUT2D eigenvalue weighted by Gasteiger charge is -2.18. The van der Waals surface area contributed by atoms with Crippen molar-refractivity contribution < 1.29 is 0 Å². The summed E-state index contributed by atoms with van der Waals surface area (Å²) in [6, 6.07) is 12.2. The summed E-state index contributed by atoms with van der Waals surface area (Å²) in [4.78, 5) is 4.20.